The number of amides is 2. The molecule has 0 atom stereocenters. The monoisotopic (exact) mass is 345 g/mol. The zero-order valence-corrected chi connectivity index (χ0v) is 15.0. The topological polar surface area (TPSA) is 73.5 Å². The number of hydrogen-bond donors (Lipinski definition) is 1. The molecule has 0 aromatic carbocycles. The van der Waals surface area contributed by atoms with Crippen LogP contribution in [0.2, 0.25) is 0 Å². The maximum atomic E-state index is 12.9. The predicted octanol–water partition coefficient (Wildman–Crippen LogP) is 1.73. The minimum atomic E-state index is -0.281. The summed E-state index contributed by atoms with van der Waals surface area (Å²) in [4.78, 5) is 43.7. The lowest BCUT2D eigenvalue weighted by Gasteiger charge is -2.22. The van der Waals surface area contributed by atoms with Gasteiger partial charge < -0.3 is 14.8 Å². The maximum Gasteiger partial charge on any atom is 0.261 e. The molecular weight excluding hydrogens is 318 g/mol. The third-order valence-corrected chi connectivity index (χ3v) is 5.26. The highest BCUT2D eigenvalue weighted by Crippen LogP contribution is 2.19. The number of nitrogens with zero attached hydrogens (tertiary/aromatic N) is 2. The molecule has 2 amide bonds. The first kappa shape index (κ1) is 17.7. The van der Waals surface area contributed by atoms with Crippen LogP contribution >= 0.6 is 0 Å². The molecule has 2 aliphatic rings. The highest BCUT2D eigenvalue weighted by Gasteiger charge is 2.24. The quantitative estimate of drug-likeness (QED) is 0.830. The number of nitrogens with one attached hydrogen (secondary N) is 1. The normalized spacial score (nSPS) is 18.3. The van der Waals surface area contributed by atoms with E-state index < -0.39 is 0 Å². The Kier molecular flexibility index (Phi) is 5.56. The van der Waals surface area contributed by atoms with E-state index in [9.17, 15) is 14.4 Å². The van der Waals surface area contributed by atoms with Crippen molar-refractivity contribution < 1.29 is 9.59 Å². The standard InChI is InChI=1S/C19H27N3O3/c1-2-17(23)21-9-6-10-22(12-11-21)19(25)15-13-14-7-4-3-5-8-16(14)20-18(15)24/h13H,2-12H2,1H3,(H,20,24). The molecule has 0 bridgehead atoms. The minimum Gasteiger partial charge on any atom is -0.341 e. The summed E-state index contributed by atoms with van der Waals surface area (Å²) in [6.45, 7) is 4.15. The Morgan fingerprint density at radius 2 is 1.72 bits per heavy atom. The summed E-state index contributed by atoms with van der Waals surface area (Å²) in [6, 6.07) is 1.81. The average molecular weight is 345 g/mol. The molecule has 2 heterocycles. The van der Waals surface area contributed by atoms with Gasteiger partial charge in [0.05, 0.1) is 0 Å². The molecule has 0 radical (unpaired) electrons. The van der Waals surface area contributed by atoms with Gasteiger partial charge in [-0.15, -0.1) is 0 Å². The van der Waals surface area contributed by atoms with Crippen molar-refractivity contribution in [2.75, 3.05) is 26.2 Å². The smallest absolute Gasteiger partial charge is 0.261 e. The van der Waals surface area contributed by atoms with Crippen molar-refractivity contribution in [3.8, 4) is 0 Å². The van der Waals surface area contributed by atoms with Crippen molar-refractivity contribution in [3.63, 3.8) is 0 Å². The van der Waals surface area contributed by atoms with Gasteiger partial charge in [-0.25, -0.2) is 0 Å². The molecule has 6 heteroatoms. The van der Waals surface area contributed by atoms with Crippen LogP contribution in [-0.4, -0.2) is 52.8 Å². The van der Waals surface area contributed by atoms with Gasteiger partial charge in [0.1, 0.15) is 5.56 Å². The third-order valence-electron chi connectivity index (χ3n) is 5.26. The molecule has 0 spiro atoms. The lowest BCUT2D eigenvalue weighted by molar-refractivity contribution is -0.130. The summed E-state index contributed by atoms with van der Waals surface area (Å²) in [5.74, 6) is -0.0868. The van der Waals surface area contributed by atoms with Gasteiger partial charge in [-0.2, -0.15) is 0 Å². The van der Waals surface area contributed by atoms with Crippen LogP contribution in [-0.2, 0) is 17.6 Å². The van der Waals surface area contributed by atoms with E-state index >= 15 is 0 Å². The SMILES string of the molecule is CCC(=O)N1CCCN(C(=O)c2cc3c([nH]c2=O)CCCCC3)CC1. The van der Waals surface area contributed by atoms with E-state index in [1.165, 1.54) is 0 Å². The number of aromatic nitrogens is 1. The van der Waals surface area contributed by atoms with Crippen LogP contribution in [0.15, 0.2) is 10.9 Å². The Balaban J connectivity index is 1.78. The Labute approximate surface area is 148 Å². The summed E-state index contributed by atoms with van der Waals surface area (Å²) >= 11 is 0. The first-order chi connectivity index (χ1) is 12.1. The molecule has 25 heavy (non-hydrogen) atoms. The fraction of sp³-hybridized carbons (Fsp3) is 0.632. The molecule has 136 valence electrons. The average Bonchev–Trinajstić information content (AvgIpc) is 3.00. The first-order valence-corrected chi connectivity index (χ1v) is 9.42. The summed E-state index contributed by atoms with van der Waals surface area (Å²) in [6.07, 6.45) is 6.39. The number of hydrogen-bond acceptors (Lipinski definition) is 3. The molecule has 6 nitrogen and oxygen atoms in total. The lowest BCUT2D eigenvalue weighted by atomic mass is 10.1. The molecule has 1 aromatic heterocycles. The molecule has 0 unspecified atom stereocenters. The number of aromatic amines is 1. The maximum absolute atomic E-state index is 12.9. The number of carbonyl (C=O) groups is 2. The molecule has 1 aliphatic carbocycles. The first-order valence-electron chi connectivity index (χ1n) is 9.42. The van der Waals surface area contributed by atoms with E-state index in [0.29, 0.717) is 32.6 Å². The largest absolute Gasteiger partial charge is 0.341 e. The van der Waals surface area contributed by atoms with Crippen LogP contribution in [0.5, 0.6) is 0 Å². The number of H-pyrrole nitrogens is 1. The van der Waals surface area contributed by atoms with Gasteiger partial charge in [0.15, 0.2) is 0 Å². The number of pyridine rings is 1. The van der Waals surface area contributed by atoms with Crippen LogP contribution in [0.3, 0.4) is 0 Å². The van der Waals surface area contributed by atoms with Gasteiger partial charge in [0.25, 0.3) is 11.5 Å². The van der Waals surface area contributed by atoms with Crippen molar-refractivity contribution in [2.45, 2.75) is 51.9 Å². The van der Waals surface area contributed by atoms with Gasteiger partial charge in [0.2, 0.25) is 5.91 Å². The lowest BCUT2D eigenvalue weighted by Crippen LogP contribution is -2.39. The predicted molar refractivity (Wildman–Crippen MR) is 95.7 cm³/mol. The number of carbonyl (C=O) groups excluding carboxylic acids is 2. The van der Waals surface area contributed by atoms with Crippen molar-refractivity contribution in [1.82, 2.24) is 14.8 Å². The second-order valence-corrected chi connectivity index (χ2v) is 6.96. The number of rotatable bonds is 2. The molecule has 1 N–H and O–H groups in total. The van der Waals surface area contributed by atoms with Crippen molar-refractivity contribution in [2.24, 2.45) is 0 Å². The van der Waals surface area contributed by atoms with Gasteiger partial charge in [-0.3, -0.25) is 14.4 Å². The fourth-order valence-electron chi connectivity index (χ4n) is 3.77. The van der Waals surface area contributed by atoms with E-state index in [-0.39, 0.29) is 22.9 Å². The van der Waals surface area contributed by atoms with E-state index in [1.807, 2.05) is 17.9 Å². The van der Waals surface area contributed by atoms with E-state index in [2.05, 4.69) is 4.98 Å². The molecule has 1 fully saturated rings. The van der Waals surface area contributed by atoms with Gasteiger partial charge in [-0.05, 0) is 43.7 Å². The number of fused-ring (bicyclic) bond motifs is 1. The Morgan fingerprint density at radius 1 is 1.00 bits per heavy atom. The molecule has 1 aromatic rings. The molecule has 1 saturated heterocycles. The van der Waals surface area contributed by atoms with Crippen LogP contribution < -0.4 is 5.56 Å². The third kappa shape index (κ3) is 3.94. The summed E-state index contributed by atoms with van der Waals surface area (Å²) in [5, 5.41) is 0. The van der Waals surface area contributed by atoms with Gasteiger partial charge in [0, 0.05) is 38.3 Å². The summed E-state index contributed by atoms with van der Waals surface area (Å²) in [5.41, 5.74) is 2.07. The van der Waals surface area contributed by atoms with Crippen LogP contribution in [0.25, 0.3) is 0 Å². The van der Waals surface area contributed by atoms with Gasteiger partial charge in [-0.1, -0.05) is 13.3 Å². The van der Waals surface area contributed by atoms with Crippen LogP contribution in [0, 0.1) is 0 Å². The molecule has 0 saturated carbocycles. The summed E-state index contributed by atoms with van der Waals surface area (Å²) in [7, 11) is 0. The van der Waals surface area contributed by atoms with Crippen molar-refractivity contribution in [3.05, 3.63) is 33.2 Å². The zero-order valence-electron chi connectivity index (χ0n) is 15.0. The van der Waals surface area contributed by atoms with Gasteiger partial charge >= 0.3 is 0 Å². The second kappa shape index (κ2) is 7.85. The zero-order chi connectivity index (χ0) is 17.8. The Morgan fingerprint density at radius 3 is 2.52 bits per heavy atom. The van der Waals surface area contributed by atoms with Crippen LogP contribution in [0.1, 0.15) is 60.6 Å². The van der Waals surface area contributed by atoms with Crippen LogP contribution in [0.4, 0.5) is 0 Å². The highest BCUT2D eigenvalue weighted by molar-refractivity contribution is 5.94. The van der Waals surface area contributed by atoms with Crippen molar-refractivity contribution in [1.29, 1.82) is 0 Å². The fourth-order valence-corrected chi connectivity index (χ4v) is 3.77. The molecular formula is C19H27N3O3. The minimum absolute atomic E-state index is 0.122. The van der Waals surface area contributed by atoms with Crippen molar-refractivity contribution >= 4 is 11.8 Å². The molecule has 3 rings (SSSR count). The van der Waals surface area contributed by atoms with E-state index in [0.717, 1.165) is 49.8 Å². The molecule has 1 aliphatic heterocycles. The highest BCUT2D eigenvalue weighted by atomic mass is 16.2. The van der Waals surface area contributed by atoms with E-state index in [4.69, 9.17) is 0 Å². The Bertz CT molecular complexity index is 710. The Hall–Kier alpha value is -2.11. The van der Waals surface area contributed by atoms with E-state index in [1.54, 1.807) is 4.90 Å². The summed E-state index contributed by atoms with van der Waals surface area (Å²) < 4.78 is 0. The number of aryl methyl sites for hydroxylation is 2. The second-order valence-electron chi connectivity index (χ2n) is 6.96.